The number of likely N-dealkylation sites (tertiary alicyclic amines) is 1. The molecule has 2 unspecified atom stereocenters. The van der Waals surface area contributed by atoms with Crippen LogP contribution in [0.3, 0.4) is 0 Å². The first-order valence-electron chi connectivity index (χ1n) is 15.2. The maximum Gasteiger partial charge on any atom is 0.311 e. The zero-order chi connectivity index (χ0) is 33.1. The summed E-state index contributed by atoms with van der Waals surface area (Å²) in [6, 6.07) is 25.9. The van der Waals surface area contributed by atoms with Crippen molar-refractivity contribution in [2.24, 2.45) is 17.4 Å². The highest BCUT2D eigenvalue weighted by Crippen LogP contribution is 2.30. The number of nitrogen functional groups attached to an aromatic ring is 1. The first-order chi connectivity index (χ1) is 22.2. The van der Waals surface area contributed by atoms with Crippen molar-refractivity contribution >= 4 is 17.7 Å². The Bertz CT molecular complexity index is 1710. The van der Waals surface area contributed by atoms with Crippen LogP contribution in [0.15, 0.2) is 109 Å². The number of benzene rings is 3. The second-order valence-corrected chi connectivity index (χ2v) is 11.2. The number of hydrogen-bond donors (Lipinski definition) is 4. The van der Waals surface area contributed by atoms with Gasteiger partial charge in [0.2, 0.25) is 5.56 Å². The lowest BCUT2D eigenvalue weighted by Crippen LogP contribution is -2.44. The van der Waals surface area contributed by atoms with Crippen LogP contribution in [0.5, 0.6) is 0 Å². The molecule has 3 aromatic carbocycles. The molecule has 46 heavy (non-hydrogen) atoms. The molecule has 0 radical (unpaired) electrons. The standard InChI is InChI=1S/C29H32N4O3.C8H9NO/c1-36-29(35)25(17-19-5-2-8-24(15-19)27(31)32)26-9-4-14-33(26)28(34)22-12-10-21(11-13-22)23-7-3-6-20(16-23)18-30;1-2-3-7-4-5-8(10)9-6-7/h2-3,5-8,10-13,15-16,25-26H,4,9,14,17-18,30H2,1H3,(H3,31,32);2,4-6H,1,3H2,(H,9,10). The number of esters is 1. The molecule has 1 fully saturated rings. The van der Waals surface area contributed by atoms with Gasteiger partial charge in [0.15, 0.2) is 0 Å². The molecule has 2 atom stereocenters. The number of aromatic nitrogens is 1. The summed E-state index contributed by atoms with van der Waals surface area (Å²) in [4.78, 5) is 41.3. The number of hydrogen-bond acceptors (Lipinski definition) is 6. The van der Waals surface area contributed by atoms with E-state index in [2.05, 4.69) is 17.6 Å². The van der Waals surface area contributed by atoms with E-state index in [0.29, 0.717) is 30.6 Å². The van der Waals surface area contributed by atoms with Gasteiger partial charge in [-0.15, -0.1) is 6.58 Å². The number of pyridine rings is 1. The predicted molar refractivity (Wildman–Crippen MR) is 181 cm³/mol. The maximum absolute atomic E-state index is 13.5. The van der Waals surface area contributed by atoms with Crippen LogP contribution in [0.4, 0.5) is 0 Å². The number of ether oxygens (including phenoxy) is 1. The van der Waals surface area contributed by atoms with E-state index in [0.717, 1.165) is 47.1 Å². The number of amides is 1. The first-order valence-corrected chi connectivity index (χ1v) is 15.2. The van der Waals surface area contributed by atoms with Crippen molar-refractivity contribution in [2.75, 3.05) is 13.7 Å². The highest BCUT2D eigenvalue weighted by molar-refractivity contribution is 5.96. The smallest absolute Gasteiger partial charge is 0.311 e. The average Bonchev–Trinajstić information content (AvgIpc) is 3.58. The van der Waals surface area contributed by atoms with E-state index in [4.69, 9.17) is 21.6 Å². The zero-order valence-electron chi connectivity index (χ0n) is 26.1. The molecule has 1 aliphatic rings. The minimum atomic E-state index is -0.512. The number of carbonyl (C=O) groups is 2. The van der Waals surface area contributed by atoms with Gasteiger partial charge < -0.3 is 26.1 Å². The topological polar surface area (TPSA) is 155 Å². The minimum Gasteiger partial charge on any atom is -0.469 e. The number of allylic oxidation sites excluding steroid dienone is 1. The lowest BCUT2D eigenvalue weighted by molar-refractivity contribution is -0.147. The van der Waals surface area contributed by atoms with Crippen LogP contribution in [0, 0.1) is 11.3 Å². The largest absolute Gasteiger partial charge is 0.469 e. The number of rotatable bonds is 10. The van der Waals surface area contributed by atoms with Gasteiger partial charge >= 0.3 is 5.97 Å². The Morgan fingerprint density at radius 2 is 1.74 bits per heavy atom. The Balaban J connectivity index is 0.000000409. The van der Waals surface area contributed by atoms with E-state index in [-0.39, 0.29) is 29.3 Å². The molecule has 5 rings (SSSR count). The number of amidine groups is 1. The van der Waals surface area contributed by atoms with Crippen molar-refractivity contribution in [3.05, 3.63) is 142 Å². The SMILES string of the molecule is C=CCc1ccc(=O)[nH]c1.COC(=O)C(Cc1cccc(C(=N)N)c1)C1CCCN1C(=O)c1ccc(-c2cccc(CN)c2)cc1. The molecule has 0 bridgehead atoms. The summed E-state index contributed by atoms with van der Waals surface area (Å²) in [5, 5.41) is 7.70. The van der Waals surface area contributed by atoms with E-state index in [1.165, 1.54) is 13.2 Å². The summed E-state index contributed by atoms with van der Waals surface area (Å²) in [6.45, 7) is 4.65. The van der Waals surface area contributed by atoms with Gasteiger partial charge in [0.1, 0.15) is 5.84 Å². The number of nitrogens with zero attached hydrogens (tertiary/aromatic N) is 1. The number of carbonyl (C=O) groups excluding carboxylic acids is 2. The molecule has 238 valence electrons. The van der Waals surface area contributed by atoms with Crippen LogP contribution in [0.2, 0.25) is 0 Å². The normalized spacial score (nSPS) is 14.5. The van der Waals surface area contributed by atoms with E-state index in [1.54, 1.807) is 29.3 Å². The molecule has 1 aromatic heterocycles. The van der Waals surface area contributed by atoms with Crippen LogP contribution >= 0.6 is 0 Å². The third-order valence-corrected chi connectivity index (χ3v) is 8.08. The van der Waals surface area contributed by atoms with E-state index >= 15 is 0 Å². The molecular formula is C37H41N5O4. The predicted octanol–water partition coefficient (Wildman–Crippen LogP) is 4.84. The third kappa shape index (κ3) is 8.67. The molecule has 0 saturated carbocycles. The summed E-state index contributed by atoms with van der Waals surface area (Å²) >= 11 is 0. The minimum absolute atomic E-state index is 0.0256. The van der Waals surface area contributed by atoms with Crippen LogP contribution in [0.1, 0.15) is 45.5 Å². The second-order valence-electron chi connectivity index (χ2n) is 11.2. The highest BCUT2D eigenvalue weighted by atomic mass is 16.5. The van der Waals surface area contributed by atoms with Gasteiger partial charge in [-0.25, -0.2) is 0 Å². The molecule has 1 aliphatic heterocycles. The van der Waals surface area contributed by atoms with E-state index in [9.17, 15) is 14.4 Å². The van der Waals surface area contributed by atoms with Crippen LogP contribution in [-0.2, 0) is 28.9 Å². The fourth-order valence-corrected chi connectivity index (χ4v) is 5.70. The van der Waals surface area contributed by atoms with E-state index in [1.807, 2.05) is 60.7 Å². The molecule has 9 heteroatoms. The Labute approximate surface area is 269 Å². The molecule has 2 heterocycles. The lowest BCUT2D eigenvalue weighted by Gasteiger charge is -2.30. The van der Waals surface area contributed by atoms with Crippen molar-refractivity contribution in [3.63, 3.8) is 0 Å². The number of aromatic amines is 1. The second kappa shape index (κ2) is 16.2. The summed E-state index contributed by atoms with van der Waals surface area (Å²) in [5.41, 5.74) is 17.6. The summed E-state index contributed by atoms with van der Waals surface area (Å²) in [7, 11) is 1.38. The summed E-state index contributed by atoms with van der Waals surface area (Å²) in [5.74, 6) is -0.974. The number of methoxy groups -OCH3 is 1. The number of H-pyrrole nitrogens is 1. The molecule has 1 amide bonds. The monoisotopic (exact) mass is 619 g/mol. The van der Waals surface area contributed by atoms with Crippen molar-refractivity contribution < 1.29 is 14.3 Å². The van der Waals surface area contributed by atoms with Crippen molar-refractivity contribution in [3.8, 4) is 11.1 Å². The molecule has 4 aromatic rings. The third-order valence-electron chi connectivity index (χ3n) is 8.08. The highest BCUT2D eigenvalue weighted by Gasteiger charge is 2.39. The van der Waals surface area contributed by atoms with Crippen molar-refractivity contribution in [1.29, 1.82) is 5.41 Å². The Morgan fingerprint density at radius 1 is 1.00 bits per heavy atom. The van der Waals surface area contributed by atoms with Gasteiger partial charge in [-0.05, 0) is 77.8 Å². The van der Waals surface area contributed by atoms with Gasteiger partial charge in [0, 0.05) is 42.5 Å². The first kappa shape index (κ1) is 33.6. The van der Waals surface area contributed by atoms with Gasteiger partial charge in [-0.1, -0.05) is 60.7 Å². The molecule has 6 N–H and O–H groups in total. The summed E-state index contributed by atoms with van der Waals surface area (Å²) < 4.78 is 5.14. The van der Waals surface area contributed by atoms with Gasteiger partial charge in [-0.3, -0.25) is 19.8 Å². The van der Waals surface area contributed by atoms with Gasteiger partial charge in [0.25, 0.3) is 5.91 Å². The van der Waals surface area contributed by atoms with Gasteiger partial charge in [0.05, 0.1) is 13.0 Å². The van der Waals surface area contributed by atoms with Crippen LogP contribution < -0.4 is 17.0 Å². The fraction of sp³-hybridized carbons (Fsp3) is 0.243. The Kier molecular flexibility index (Phi) is 11.8. The molecule has 1 saturated heterocycles. The van der Waals surface area contributed by atoms with E-state index < -0.39 is 5.92 Å². The van der Waals surface area contributed by atoms with Crippen LogP contribution in [-0.4, -0.2) is 47.3 Å². The molecule has 0 spiro atoms. The van der Waals surface area contributed by atoms with Gasteiger partial charge in [-0.2, -0.15) is 0 Å². The Hall–Kier alpha value is -5.28. The quantitative estimate of drug-likeness (QED) is 0.0862. The molecule has 9 nitrogen and oxygen atoms in total. The lowest BCUT2D eigenvalue weighted by atomic mass is 9.89. The number of nitrogens with one attached hydrogen (secondary N) is 2. The van der Waals surface area contributed by atoms with Crippen molar-refractivity contribution in [1.82, 2.24) is 9.88 Å². The molecular weight excluding hydrogens is 578 g/mol. The fourth-order valence-electron chi connectivity index (χ4n) is 5.70. The average molecular weight is 620 g/mol. The maximum atomic E-state index is 13.5. The van der Waals surface area contributed by atoms with Crippen LogP contribution in [0.25, 0.3) is 11.1 Å². The zero-order valence-corrected chi connectivity index (χ0v) is 26.1. The van der Waals surface area contributed by atoms with Crippen molar-refractivity contribution in [2.45, 2.75) is 38.3 Å². The molecule has 0 aliphatic carbocycles. The Morgan fingerprint density at radius 3 is 2.39 bits per heavy atom. The number of nitrogens with two attached hydrogens (primary N) is 2. The summed E-state index contributed by atoms with van der Waals surface area (Å²) in [6.07, 6.45) is 6.25.